The van der Waals surface area contributed by atoms with E-state index < -0.39 is 23.1 Å². The van der Waals surface area contributed by atoms with Crippen LogP contribution >= 0.6 is 0 Å². The lowest BCUT2D eigenvalue weighted by Gasteiger charge is -2.17. The Kier molecular flexibility index (Phi) is 7.36. The van der Waals surface area contributed by atoms with Gasteiger partial charge in [-0.25, -0.2) is 8.78 Å². The third kappa shape index (κ3) is 5.44. The number of nitrogens with one attached hydrogen (secondary N) is 1. The third-order valence-electron chi connectivity index (χ3n) is 6.21. The fraction of sp³-hybridized carbons (Fsp3) is 0.103. The second-order valence-electron chi connectivity index (χ2n) is 8.86. The number of nitrogens with two attached hydrogens (primary N) is 1. The van der Waals surface area contributed by atoms with Gasteiger partial charge in [0, 0.05) is 42.7 Å². The summed E-state index contributed by atoms with van der Waals surface area (Å²) in [4.78, 5) is 43.8. The van der Waals surface area contributed by atoms with Crippen molar-refractivity contribution in [1.82, 2.24) is 9.55 Å². The van der Waals surface area contributed by atoms with Crippen LogP contribution in [0.3, 0.4) is 0 Å². The topological polar surface area (TPSA) is 120 Å². The molecular weight excluding hydrogens is 520 g/mol. The minimum Gasteiger partial charge on any atom is -0.452 e. The van der Waals surface area contributed by atoms with Crippen LogP contribution in [-0.2, 0) is 4.79 Å². The summed E-state index contributed by atoms with van der Waals surface area (Å²) < 4.78 is 35.3. The number of pyridine rings is 2. The van der Waals surface area contributed by atoms with E-state index in [-0.39, 0.29) is 28.7 Å². The normalized spacial score (nSPS) is 13.2. The average molecular weight is 544 g/mol. The van der Waals surface area contributed by atoms with Gasteiger partial charge in [0.2, 0.25) is 5.91 Å². The zero-order valence-electron chi connectivity index (χ0n) is 21.0. The summed E-state index contributed by atoms with van der Waals surface area (Å²) in [6, 6.07) is 13.4. The highest BCUT2D eigenvalue weighted by Gasteiger charge is 2.23. The van der Waals surface area contributed by atoms with Gasteiger partial charge in [-0.05, 0) is 67.2 Å². The number of anilines is 2. The van der Waals surface area contributed by atoms with E-state index >= 15 is 4.39 Å². The number of benzene rings is 2. The van der Waals surface area contributed by atoms with Crippen LogP contribution in [-0.4, -0.2) is 27.9 Å². The van der Waals surface area contributed by atoms with Gasteiger partial charge in [0.25, 0.3) is 11.5 Å². The number of rotatable bonds is 7. The smallest absolute Gasteiger partial charge is 0.267 e. The quantitative estimate of drug-likeness (QED) is 0.351. The molecule has 2 aromatic heterocycles. The Labute approximate surface area is 227 Å². The lowest BCUT2D eigenvalue weighted by molar-refractivity contribution is -0.117. The summed E-state index contributed by atoms with van der Waals surface area (Å²) in [5.74, 6) is -2.02. The summed E-state index contributed by atoms with van der Waals surface area (Å²) in [6.45, 7) is 0.547. The molecular formula is C29H23F2N5O4. The predicted molar refractivity (Wildman–Crippen MR) is 145 cm³/mol. The molecule has 1 aliphatic rings. The van der Waals surface area contributed by atoms with Crippen molar-refractivity contribution in [2.75, 3.05) is 16.8 Å². The molecule has 0 radical (unpaired) electrons. The standard InChI is InChI=1S/C29H23F2N5O4/c30-18-5-8-20(9-6-18)36-14-1-3-22(29(36)39)28(38)34-19-7-10-25(23(31)15-19)40-26-16-21(17-33-24(26)11-12-32)35-13-2-4-27(35)37/h1,3,5-12,14-17H,2,4,13,32H2,(H,34,38). The molecule has 1 aliphatic heterocycles. The van der Waals surface area contributed by atoms with Gasteiger partial charge in [-0.2, -0.15) is 0 Å². The molecule has 0 aliphatic carbocycles. The van der Waals surface area contributed by atoms with Crippen molar-refractivity contribution >= 4 is 29.3 Å². The van der Waals surface area contributed by atoms with Gasteiger partial charge in [-0.1, -0.05) is 0 Å². The van der Waals surface area contributed by atoms with Crippen LogP contribution in [0.4, 0.5) is 20.2 Å². The molecule has 9 nitrogen and oxygen atoms in total. The zero-order chi connectivity index (χ0) is 28.2. The summed E-state index contributed by atoms with van der Waals surface area (Å²) in [7, 11) is 0. The number of ether oxygens (including phenoxy) is 1. The molecule has 0 unspecified atom stereocenters. The van der Waals surface area contributed by atoms with Crippen LogP contribution in [0, 0.1) is 11.6 Å². The number of hydrogen-bond acceptors (Lipinski definition) is 6. The zero-order valence-corrected chi connectivity index (χ0v) is 21.0. The summed E-state index contributed by atoms with van der Waals surface area (Å²) in [6.07, 6.45) is 6.88. The summed E-state index contributed by atoms with van der Waals surface area (Å²) in [5.41, 5.74) is 6.01. The molecule has 2 aromatic carbocycles. The molecule has 2 amide bonds. The number of hydrogen-bond donors (Lipinski definition) is 2. The first-order valence-electron chi connectivity index (χ1n) is 12.3. The Morgan fingerprint density at radius 2 is 1.82 bits per heavy atom. The van der Waals surface area contributed by atoms with E-state index in [0.29, 0.717) is 30.0 Å². The third-order valence-corrected chi connectivity index (χ3v) is 6.21. The highest BCUT2D eigenvalue weighted by Crippen LogP contribution is 2.33. The van der Waals surface area contributed by atoms with Gasteiger partial charge < -0.3 is 20.7 Å². The number of carbonyl (C=O) groups is 2. The van der Waals surface area contributed by atoms with Crippen LogP contribution in [0.5, 0.6) is 11.5 Å². The molecule has 1 fully saturated rings. The summed E-state index contributed by atoms with van der Waals surface area (Å²) in [5, 5.41) is 2.51. The lowest BCUT2D eigenvalue weighted by Crippen LogP contribution is -2.27. The van der Waals surface area contributed by atoms with Crippen molar-refractivity contribution in [2.24, 2.45) is 5.73 Å². The molecule has 5 rings (SSSR count). The van der Waals surface area contributed by atoms with Crippen molar-refractivity contribution in [2.45, 2.75) is 12.8 Å². The maximum Gasteiger partial charge on any atom is 0.267 e. The Balaban J connectivity index is 1.36. The minimum atomic E-state index is -0.792. The van der Waals surface area contributed by atoms with E-state index in [2.05, 4.69) is 10.3 Å². The molecule has 0 bridgehead atoms. The molecule has 3 N–H and O–H groups in total. The Morgan fingerprint density at radius 1 is 1.02 bits per heavy atom. The Morgan fingerprint density at radius 3 is 2.52 bits per heavy atom. The minimum absolute atomic E-state index is 0.0380. The molecule has 0 atom stereocenters. The van der Waals surface area contributed by atoms with Gasteiger partial charge in [0.1, 0.15) is 17.1 Å². The van der Waals surface area contributed by atoms with E-state index in [1.54, 1.807) is 11.0 Å². The van der Waals surface area contributed by atoms with E-state index in [0.717, 1.165) is 12.5 Å². The van der Waals surface area contributed by atoms with Crippen LogP contribution in [0.15, 0.2) is 84.1 Å². The molecule has 40 heavy (non-hydrogen) atoms. The molecule has 0 spiro atoms. The fourth-order valence-corrected chi connectivity index (χ4v) is 4.26. The molecule has 1 saturated heterocycles. The van der Waals surface area contributed by atoms with E-state index in [4.69, 9.17) is 10.5 Å². The molecule has 11 heteroatoms. The molecule has 3 heterocycles. The van der Waals surface area contributed by atoms with Crippen molar-refractivity contribution < 1.29 is 23.1 Å². The van der Waals surface area contributed by atoms with E-state index in [9.17, 15) is 18.8 Å². The molecule has 0 saturated carbocycles. The first-order chi connectivity index (χ1) is 19.3. The highest BCUT2D eigenvalue weighted by molar-refractivity contribution is 6.04. The number of carbonyl (C=O) groups excluding carboxylic acids is 2. The average Bonchev–Trinajstić information content (AvgIpc) is 3.37. The Bertz CT molecular complexity index is 1690. The van der Waals surface area contributed by atoms with Gasteiger partial charge in [-0.15, -0.1) is 0 Å². The van der Waals surface area contributed by atoms with Crippen molar-refractivity contribution in [3.05, 3.63) is 113 Å². The van der Waals surface area contributed by atoms with Gasteiger partial charge in [0.05, 0.1) is 11.9 Å². The Hall–Kier alpha value is -5.32. The van der Waals surface area contributed by atoms with Gasteiger partial charge >= 0.3 is 0 Å². The molecule has 4 aromatic rings. The number of halogens is 2. The first-order valence-corrected chi connectivity index (χ1v) is 12.3. The first kappa shape index (κ1) is 26.3. The van der Waals surface area contributed by atoms with Crippen molar-refractivity contribution in [3.8, 4) is 17.2 Å². The number of aromatic nitrogens is 2. The second-order valence-corrected chi connectivity index (χ2v) is 8.86. The van der Waals surface area contributed by atoms with Crippen LogP contribution in [0.25, 0.3) is 11.8 Å². The number of nitrogens with zero attached hydrogens (tertiary/aromatic N) is 3. The van der Waals surface area contributed by atoms with Gasteiger partial charge in [0.15, 0.2) is 17.3 Å². The van der Waals surface area contributed by atoms with Gasteiger partial charge in [-0.3, -0.25) is 23.9 Å². The maximum atomic E-state index is 15.1. The predicted octanol–water partition coefficient (Wildman–Crippen LogP) is 4.61. The lowest BCUT2D eigenvalue weighted by atomic mass is 10.2. The van der Waals surface area contributed by atoms with Crippen LogP contribution in [0.1, 0.15) is 28.9 Å². The highest BCUT2D eigenvalue weighted by atomic mass is 19.1. The fourth-order valence-electron chi connectivity index (χ4n) is 4.26. The number of amides is 2. The second kappa shape index (κ2) is 11.2. The van der Waals surface area contributed by atoms with Crippen LogP contribution < -0.4 is 26.2 Å². The summed E-state index contributed by atoms with van der Waals surface area (Å²) >= 11 is 0. The SMILES string of the molecule is NC=Cc1ncc(N2CCCC2=O)cc1Oc1ccc(NC(=O)c2cccn(-c3ccc(F)cc3)c2=O)cc1F. The van der Waals surface area contributed by atoms with E-state index in [1.165, 1.54) is 77.8 Å². The van der Waals surface area contributed by atoms with Crippen molar-refractivity contribution in [3.63, 3.8) is 0 Å². The maximum absolute atomic E-state index is 15.1. The molecule has 202 valence electrons. The monoisotopic (exact) mass is 543 g/mol. The van der Waals surface area contributed by atoms with Crippen LogP contribution in [0.2, 0.25) is 0 Å². The largest absolute Gasteiger partial charge is 0.452 e. The van der Waals surface area contributed by atoms with E-state index in [1.807, 2.05) is 0 Å². The van der Waals surface area contributed by atoms with Crippen molar-refractivity contribution in [1.29, 1.82) is 0 Å².